The molecule has 0 aliphatic rings. The van der Waals surface area contributed by atoms with Crippen molar-refractivity contribution >= 4 is 6.03 Å². The van der Waals surface area contributed by atoms with E-state index >= 15 is 0 Å². The molecular weight excluding hydrogens is 196 g/mol. The number of hydrogen-bond donors (Lipinski definition) is 3. The molecular formula is C10H22N2O3. The third-order valence-corrected chi connectivity index (χ3v) is 1.96. The van der Waals surface area contributed by atoms with Crippen LogP contribution in [0.1, 0.15) is 25.7 Å². The SMILES string of the molecule is COCCNC(=O)NCCCCCCO. The Morgan fingerprint density at radius 3 is 2.47 bits per heavy atom. The third-order valence-electron chi connectivity index (χ3n) is 1.96. The number of carbonyl (C=O) groups excluding carboxylic acids is 1. The Hall–Kier alpha value is -0.810. The number of nitrogens with one attached hydrogen (secondary N) is 2. The topological polar surface area (TPSA) is 70.6 Å². The van der Waals surface area contributed by atoms with Crippen LogP contribution in [0.3, 0.4) is 0 Å². The summed E-state index contributed by atoms with van der Waals surface area (Å²) in [7, 11) is 1.60. The number of hydrogen-bond acceptors (Lipinski definition) is 3. The normalized spacial score (nSPS) is 10.0. The van der Waals surface area contributed by atoms with Gasteiger partial charge in [-0.05, 0) is 12.8 Å². The predicted octanol–water partition coefficient (Wildman–Crippen LogP) is 0.485. The van der Waals surface area contributed by atoms with Gasteiger partial charge in [-0.3, -0.25) is 0 Å². The molecule has 0 atom stereocenters. The number of carbonyl (C=O) groups is 1. The van der Waals surface area contributed by atoms with Gasteiger partial charge >= 0.3 is 6.03 Å². The van der Waals surface area contributed by atoms with E-state index in [9.17, 15) is 4.79 Å². The molecule has 0 bridgehead atoms. The molecule has 0 spiro atoms. The molecule has 5 heteroatoms. The second-order valence-electron chi connectivity index (χ2n) is 3.31. The van der Waals surface area contributed by atoms with Crippen LogP contribution in [0.5, 0.6) is 0 Å². The van der Waals surface area contributed by atoms with Crippen molar-refractivity contribution < 1.29 is 14.6 Å². The van der Waals surface area contributed by atoms with Gasteiger partial charge in [0.2, 0.25) is 0 Å². The summed E-state index contributed by atoms with van der Waals surface area (Å²) < 4.78 is 4.80. The number of rotatable bonds is 9. The van der Waals surface area contributed by atoms with Gasteiger partial charge in [-0.25, -0.2) is 4.79 Å². The number of aliphatic hydroxyl groups is 1. The third kappa shape index (κ3) is 11.1. The van der Waals surface area contributed by atoms with E-state index in [0.717, 1.165) is 25.7 Å². The molecule has 0 aromatic rings. The molecule has 0 rings (SSSR count). The molecule has 5 nitrogen and oxygen atoms in total. The molecule has 0 aromatic heterocycles. The van der Waals surface area contributed by atoms with E-state index in [0.29, 0.717) is 19.7 Å². The van der Waals surface area contributed by atoms with E-state index in [4.69, 9.17) is 9.84 Å². The van der Waals surface area contributed by atoms with Gasteiger partial charge in [-0.1, -0.05) is 12.8 Å². The van der Waals surface area contributed by atoms with Crippen molar-refractivity contribution in [1.82, 2.24) is 10.6 Å². The average Bonchev–Trinajstić information content (AvgIpc) is 2.23. The van der Waals surface area contributed by atoms with Crippen LogP contribution in [0, 0.1) is 0 Å². The molecule has 0 heterocycles. The lowest BCUT2D eigenvalue weighted by Gasteiger charge is -2.06. The monoisotopic (exact) mass is 218 g/mol. The Kier molecular flexibility index (Phi) is 10.7. The van der Waals surface area contributed by atoms with Crippen molar-refractivity contribution in [3.05, 3.63) is 0 Å². The van der Waals surface area contributed by atoms with Gasteiger partial charge in [0.1, 0.15) is 0 Å². The zero-order chi connectivity index (χ0) is 11.4. The summed E-state index contributed by atoms with van der Waals surface area (Å²) in [6.07, 6.45) is 3.86. The number of methoxy groups -OCH3 is 1. The standard InChI is InChI=1S/C10H22N2O3/c1-15-9-7-12-10(14)11-6-4-2-3-5-8-13/h13H,2-9H2,1H3,(H2,11,12,14). The van der Waals surface area contributed by atoms with Crippen molar-refractivity contribution in [3.63, 3.8) is 0 Å². The predicted molar refractivity (Wildman–Crippen MR) is 58.8 cm³/mol. The lowest BCUT2D eigenvalue weighted by atomic mass is 10.2. The highest BCUT2D eigenvalue weighted by atomic mass is 16.5. The van der Waals surface area contributed by atoms with E-state index in [1.165, 1.54) is 0 Å². The first-order valence-corrected chi connectivity index (χ1v) is 5.42. The summed E-state index contributed by atoms with van der Waals surface area (Å²) >= 11 is 0. The van der Waals surface area contributed by atoms with E-state index < -0.39 is 0 Å². The maximum absolute atomic E-state index is 11.1. The van der Waals surface area contributed by atoms with Crippen LogP contribution < -0.4 is 10.6 Å². The fraction of sp³-hybridized carbons (Fsp3) is 0.900. The van der Waals surface area contributed by atoms with Crippen molar-refractivity contribution in [2.75, 3.05) is 33.4 Å². The lowest BCUT2D eigenvalue weighted by molar-refractivity contribution is 0.196. The Morgan fingerprint density at radius 2 is 1.80 bits per heavy atom. The molecule has 0 aromatic carbocycles. The van der Waals surface area contributed by atoms with Crippen LogP contribution in [0.25, 0.3) is 0 Å². The minimum atomic E-state index is -0.144. The molecule has 0 unspecified atom stereocenters. The van der Waals surface area contributed by atoms with Crippen LogP contribution in [0.2, 0.25) is 0 Å². The van der Waals surface area contributed by atoms with Crippen LogP contribution in [-0.2, 0) is 4.74 Å². The van der Waals surface area contributed by atoms with Gasteiger partial charge in [0, 0.05) is 26.8 Å². The lowest BCUT2D eigenvalue weighted by Crippen LogP contribution is -2.37. The van der Waals surface area contributed by atoms with E-state index in [1.807, 2.05) is 0 Å². The second-order valence-corrected chi connectivity index (χ2v) is 3.31. The first-order valence-electron chi connectivity index (χ1n) is 5.42. The molecule has 0 radical (unpaired) electrons. The number of urea groups is 1. The summed E-state index contributed by atoms with van der Waals surface area (Å²) in [6.45, 7) is 2.01. The molecule has 3 N–H and O–H groups in total. The van der Waals surface area contributed by atoms with Crippen LogP contribution in [0.15, 0.2) is 0 Å². The molecule has 0 aliphatic heterocycles. The van der Waals surface area contributed by atoms with E-state index in [1.54, 1.807) is 7.11 Å². The summed E-state index contributed by atoms with van der Waals surface area (Å²) in [6, 6.07) is -0.144. The summed E-state index contributed by atoms with van der Waals surface area (Å²) in [5.41, 5.74) is 0. The van der Waals surface area contributed by atoms with Gasteiger partial charge in [-0.2, -0.15) is 0 Å². The highest BCUT2D eigenvalue weighted by Crippen LogP contribution is 1.97. The van der Waals surface area contributed by atoms with E-state index in [-0.39, 0.29) is 12.6 Å². The number of amides is 2. The molecule has 15 heavy (non-hydrogen) atoms. The Morgan fingerprint density at radius 1 is 1.13 bits per heavy atom. The fourth-order valence-electron chi connectivity index (χ4n) is 1.12. The van der Waals surface area contributed by atoms with Crippen LogP contribution in [0.4, 0.5) is 4.79 Å². The zero-order valence-corrected chi connectivity index (χ0v) is 9.42. The van der Waals surface area contributed by atoms with Crippen molar-refractivity contribution in [2.24, 2.45) is 0 Å². The summed E-state index contributed by atoms with van der Waals surface area (Å²) in [5, 5.41) is 14.0. The molecule has 0 saturated heterocycles. The molecule has 90 valence electrons. The van der Waals surface area contributed by atoms with Crippen molar-refractivity contribution in [1.29, 1.82) is 0 Å². The minimum absolute atomic E-state index is 0.144. The molecule has 2 amide bonds. The Balaban J connectivity index is 3.10. The molecule has 0 saturated carbocycles. The zero-order valence-electron chi connectivity index (χ0n) is 9.42. The minimum Gasteiger partial charge on any atom is -0.396 e. The second kappa shape index (κ2) is 11.3. The highest BCUT2D eigenvalue weighted by molar-refractivity contribution is 5.73. The van der Waals surface area contributed by atoms with Crippen molar-refractivity contribution in [2.45, 2.75) is 25.7 Å². The molecule has 0 aliphatic carbocycles. The summed E-state index contributed by atoms with van der Waals surface area (Å²) in [5.74, 6) is 0. The number of ether oxygens (including phenoxy) is 1. The Labute approximate surface area is 91.2 Å². The quantitative estimate of drug-likeness (QED) is 0.493. The maximum Gasteiger partial charge on any atom is 0.314 e. The van der Waals surface area contributed by atoms with Crippen molar-refractivity contribution in [3.8, 4) is 0 Å². The maximum atomic E-state index is 11.1. The Bertz CT molecular complexity index is 154. The first-order chi connectivity index (χ1) is 7.31. The van der Waals surface area contributed by atoms with Gasteiger partial charge in [0.15, 0.2) is 0 Å². The number of aliphatic hydroxyl groups excluding tert-OH is 1. The largest absolute Gasteiger partial charge is 0.396 e. The first kappa shape index (κ1) is 14.2. The van der Waals surface area contributed by atoms with Crippen LogP contribution >= 0.6 is 0 Å². The van der Waals surface area contributed by atoms with Gasteiger partial charge in [0.25, 0.3) is 0 Å². The van der Waals surface area contributed by atoms with Gasteiger partial charge < -0.3 is 20.5 Å². The average molecular weight is 218 g/mol. The fourth-order valence-corrected chi connectivity index (χ4v) is 1.12. The highest BCUT2D eigenvalue weighted by Gasteiger charge is 1.97. The summed E-state index contributed by atoms with van der Waals surface area (Å²) in [4.78, 5) is 11.1. The molecule has 0 fully saturated rings. The number of unbranched alkanes of at least 4 members (excludes halogenated alkanes) is 3. The van der Waals surface area contributed by atoms with Gasteiger partial charge in [0.05, 0.1) is 6.61 Å². The van der Waals surface area contributed by atoms with E-state index in [2.05, 4.69) is 10.6 Å². The smallest absolute Gasteiger partial charge is 0.314 e. The van der Waals surface area contributed by atoms with Crippen LogP contribution in [-0.4, -0.2) is 44.6 Å². The van der Waals surface area contributed by atoms with Gasteiger partial charge in [-0.15, -0.1) is 0 Å².